The van der Waals surface area contributed by atoms with Gasteiger partial charge < -0.3 is 0 Å². The van der Waals surface area contributed by atoms with Crippen LogP contribution in [0, 0.1) is 0 Å². The molecule has 1 fully saturated rings. The normalized spacial score (nSPS) is 17.7. The zero-order chi connectivity index (χ0) is 14.4. The summed E-state index contributed by atoms with van der Waals surface area (Å²) in [5.74, 6) is 0.913. The minimum Gasteiger partial charge on any atom is -0.299 e. The number of carbonyl (C=O) groups is 1. The summed E-state index contributed by atoms with van der Waals surface area (Å²) in [7, 11) is 0. The first-order valence-electron chi connectivity index (χ1n) is 7.67. The van der Waals surface area contributed by atoms with Gasteiger partial charge in [-0.05, 0) is 45.0 Å². The Morgan fingerprint density at radius 1 is 1.35 bits per heavy atom. The molecule has 1 aromatic heterocycles. The highest BCUT2D eigenvalue weighted by Crippen LogP contribution is 2.16. The van der Waals surface area contributed by atoms with Crippen LogP contribution in [0.15, 0.2) is 24.4 Å². The second-order valence-corrected chi connectivity index (χ2v) is 5.49. The van der Waals surface area contributed by atoms with Gasteiger partial charge in [0, 0.05) is 25.2 Å². The number of anilines is 1. The number of pyridine rings is 1. The molecule has 1 unspecified atom stereocenters. The SMILES string of the molecule is CCC(=O)N(CC(C)N1CCCCC1)c1ccccn1. The van der Waals surface area contributed by atoms with Crippen LogP contribution < -0.4 is 4.90 Å². The molecule has 1 saturated heterocycles. The van der Waals surface area contributed by atoms with E-state index in [2.05, 4.69) is 16.8 Å². The molecular formula is C16H25N3O. The molecule has 20 heavy (non-hydrogen) atoms. The number of amides is 1. The van der Waals surface area contributed by atoms with Gasteiger partial charge in [0.1, 0.15) is 5.82 Å². The maximum Gasteiger partial charge on any atom is 0.227 e. The average Bonchev–Trinajstić information content (AvgIpc) is 2.53. The largest absolute Gasteiger partial charge is 0.299 e. The first kappa shape index (κ1) is 15.0. The van der Waals surface area contributed by atoms with Crippen LogP contribution in [0.3, 0.4) is 0 Å². The van der Waals surface area contributed by atoms with Crippen molar-refractivity contribution in [3.05, 3.63) is 24.4 Å². The summed E-state index contributed by atoms with van der Waals surface area (Å²) in [5.41, 5.74) is 0. The monoisotopic (exact) mass is 275 g/mol. The Balaban J connectivity index is 2.05. The van der Waals surface area contributed by atoms with Gasteiger partial charge in [0.2, 0.25) is 5.91 Å². The van der Waals surface area contributed by atoms with Crippen molar-refractivity contribution < 1.29 is 4.79 Å². The Kier molecular flexibility index (Phi) is 5.53. The van der Waals surface area contributed by atoms with Gasteiger partial charge in [0.05, 0.1) is 0 Å². The van der Waals surface area contributed by atoms with Crippen LogP contribution >= 0.6 is 0 Å². The highest BCUT2D eigenvalue weighted by atomic mass is 16.2. The lowest BCUT2D eigenvalue weighted by molar-refractivity contribution is -0.118. The molecule has 2 heterocycles. The maximum atomic E-state index is 12.2. The Labute approximate surface area is 121 Å². The third kappa shape index (κ3) is 3.79. The van der Waals surface area contributed by atoms with E-state index < -0.39 is 0 Å². The molecule has 4 nitrogen and oxygen atoms in total. The lowest BCUT2D eigenvalue weighted by atomic mass is 10.1. The highest BCUT2D eigenvalue weighted by Gasteiger charge is 2.22. The summed E-state index contributed by atoms with van der Waals surface area (Å²) in [6.07, 6.45) is 6.15. The highest BCUT2D eigenvalue weighted by molar-refractivity contribution is 5.92. The third-order valence-corrected chi connectivity index (χ3v) is 3.99. The number of piperidine rings is 1. The van der Waals surface area contributed by atoms with Crippen molar-refractivity contribution in [2.45, 2.75) is 45.6 Å². The van der Waals surface area contributed by atoms with E-state index in [-0.39, 0.29) is 5.91 Å². The van der Waals surface area contributed by atoms with Crippen LogP contribution in [0.4, 0.5) is 5.82 Å². The zero-order valence-electron chi connectivity index (χ0n) is 12.6. The maximum absolute atomic E-state index is 12.2. The van der Waals surface area contributed by atoms with E-state index in [1.54, 1.807) is 6.20 Å². The van der Waals surface area contributed by atoms with E-state index in [9.17, 15) is 4.79 Å². The van der Waals surface area contributed by atoms with Crippen molar-refractivity contribution in [1.82, 2.24) is 9.88 Å². The third-order valence-electron chi connectivity index (χ3n) is 3.99. The van der Waals surface area contributed by atoms with Crippen LogP contribution in [0.1, 0.15) is 39.5 Å². The summed E-state index contributed by atoms with van der Waals surface area (Å²) in [6.45, 7) is 7.15. The van der Waals surface area contributed by atoms with Gasteiger partial charge in [-0.3, -0.25) is 14.6 Å². The second kappa shape index (κ2) is 7.39. The Morgan fingerprint density at radius 3 is 2.70 bits per heavy atom. The summed E-state index contributed by atoms with van der Waals surface area (Å²) in [4.78, 5) is 20.9. The summed E-state index contributed by atoms with van der Waals surface area (Å²) in [6, 6.07) is 6.11. The molecule has 1 aliphatic heterocycles. The number of rotatable bonds is 5. The van der Waals surface area contributed by atoms with Crippen LogP contribution in [0.5, 0.6) is 0 Å². The second-order valence-electron chi connectivity index (χ2n) is 5.49. The Hall–Kier alpha value is -1.42. The number of likely N-dealkylation sites (tertiary alicyclic amines) is 1. The zero-order valence-corrected chi connectivity index (χ0v) is 12.6. The van der Waals surface area contributed by atoms with Crippen LogP contribution in [-0.2, 0) is 4.79 Å². The van der Waals surface area contributed by atoms with Crippen LogP contribution in [0.2, 0.25) is 0 Å². The van der Waals surface area contributed by atoms with E-state index in [0.717, 1.165) is 25.5 Å². The molecular weight excluding hydrogens is 250 g/mol. The van der Waals surface area contributed by atoms with E-state index in [1.165, 1.54) is 19.3 Å². The fourth-order valence-corrected chi connectivity index (χ4v) is 2.77. The summed E-state index contributed by atoms with van der Waals surface area (Å²) < 4.78 is 0. The predicted molar refractivity (Wildman–Crippen MR) is 81.8 cm³/mol. The molecule has 1 aliphatic rings. The van der Waals surface area contributed by atoms with Crippen molar-refractivity contribution in [2.24, 2.45) is 0 Å². The molecule has 1 aromatic rings. The lowest BCUT2D eigenvalue weighted by Crippen LogP contribution is -2.46. The van der Waals surface area contributed by atoms with Crippen molar-refractivity contribution in [3.8, 4) is 0 Å². The molecule has 0 N–H and O–H groups in total. The van der Waals surface area contributed by atoms with Gasteiger partial charge in [0.25, 0.3) is 0 Å². The average molecular weight is 275 g/mol. The number of carbonyl (C=O) groups excluding carboxylic acids is 1. The molecule has 0 saturated carbocycles. The van der Waals surface area contributed by atoms with Gasteiger partial charge in [-0.2, -0.15) is 0 Å². The molecule has 1 atom stereocenters. The summed E-state index contributed by atoms with van der Waals surface area (Å²) >= 11 is 0. The molecule has 110 valence electrons. The molecule has 0 aromatic carbocycles. The smallest absolute Gasteiger partial charge is 0.227 e. The van der Waals surface area contributed by atoms with E-state index in [4.69, 9.17) is 0 Å². The molecule has 4 heteroatoms. The van der Waals surface area contributed by atoms with Crippen LogP contribution in [0.25, 0.3) is 0 Å². The lowest BCUT2D eigenvalue weighted by Gasteiger charge is -2.35. The minimum absolute atomic E-state index is 0.146. The van der Waals surface area contributed by atoms with Gasteiger partial charge in [-0.15, -0.1) is 0 Å². The van der Waals surface area contributed by atoms with E-state index in [0.29, 0.717) is 12.5 Å². The van der Waals surface area contributed by atoms with Gasteiger partial charge in [0.15, 0.2) is 0 Å². The Bertz CT molecular complexity index is 415. The first-order chi connectivity index (χ1) is 9.72. The molecule has 0 aliphatic carbocycles. The number of hydrogen-bond donors (Lipinski definition) is 0. The van der Waals surface area contributed by atoms with Crippen molar-refractivity contribution in [1.29, 1.82) is 0 Å². The molecule has 1 amide bonds. The Morgan fingerprint density at radius 2 is 2.10 bits per heavy atom. The number of nitrogens with zero attached hydrogens (tertiary/aromatic N) is 3. The first-order valence-corrected chi connectivity index (χ1v) is 7.67. The number of aromatic nitrogens is 1. The van der Waals surface area contributed by atoms with Gasteiger partial charge in [-0.1, -0.05) is 19.4 Å². The van der Waals surface area contributed by atoms with Crippen molar-refractivity contribution in [2.75, 3.05) is 24.5 Å². The predicted octanol–water partition coefficient (Wildman–Crippen LogP) is 2.70. The molecule has 0 spiro atoms. The fraction of sp³-hybridized carbons (Fsp3) is 0.625. The van der Waals surface area contributed by atoms with E-state index >= 15 is 0 Å². The molecule has 0 bridgehead atoms. The van der Waals surface area contributed by atoms with E-state index in [1.807, 2.05) is 30.0 Å². The van der Waals surface area contributed by atoms with Crippen molar-refractivity contribution in [3.63, 3.8) is 0 Å². The van der Waals surface area contributed by atoms with Gasteiger partial charge >= 0.3 is 0 Å². The topological polar surface area (TPSA) is 36.4 Å². The van der Waals surface area contributed by atoms with Crippen molar-refractivity contribution >= 4 is 11.7 Å². The fourth-order valence-electron chi connectivity index (χ4n) is 2.77. The minimum atomic E-state index is 0.146. The standard InChI is InChI=1S/C16H25N3O/c1-3-16(20)19(15-9-5-6-10-17-15)13-14(2)18-11-7-4-8-12-18/h5-6,9-10,14H,3-4,7-8,11-13H2,1-2H3. The molecule has 0 radical (unpaired) electrons. The van der Waals surface area contributed by atoms with Gasteiger partial charge in [-0.25, -0.2) is 4.98 Å². The molecule has 2 rings (SSSR count). The van der Waals surface area contributed by atoms with Crippen LogP contribution in [-0.4, -0.2) is 41.5 Å². The quantitative estimate of drug-likeness (QED) is 0.829. The number of hydrogen-bond acceptors (Lipinski definition) is 3. The summed E-state index contributed by atoms with van der Waals surface area (Å²) in [5, 5.41) is 0.